The largest absolute Gasteiger partial charge is 0.315 e. The average Bonchev–Trinajstić information content (AvgIpc) is 2.38. The normalized spacial score (nSPS) is 25.3. The monoisotopic (exact) mass is 254 g/mol. The van der Waals surface area contributed by atoms with E-state index in [-0.39, 0.29) is 0 Å². The molecule has 1 aliphatic rings. The van der Waals surface area contributed by atoms with Gasteiger partial charge in [-0.25, -0.2) is 0 Å². The van der Waals surface area contributed by atoms with Crippen molar-refractivity contribution in [3.05, 3.63) is 0 Å². The molecule has 2 atom stereocenters. The van der Waals surface area contributed by atoms with Crippen LogP contribution in [0.5, 0.6) is 0 Å². The number of nitrogens with one attached hydrogen (secondary N) is 1. The predicted molar refractivity (Wildman–Crippen MR) is 81.0 cm³/mol. The molecule has 0 bridgehead atoms. The zero-order valence-electron chi connectivity index (χ0n) is 13.2. The molecular formula is C16H34N2. The molecule has 1 saturated carbocycles. The summed E-state index contributed by atoms with van der Waals surface area (Å²) in [5, 5.41) is 3.57. The lowest BCUT2D eigenvalue weighted by Crippen LogP contribution is -2.55. The Bertz CT molecular complexity index is 211. The first kappa shape index (κ1) is 16.0. The van der Waals surface area contributed by atoms with Crippen molar-refractivity contribution < 1.29 is 0 Å². The summed E-state index contributed by atoms with van der Waals surface area (Å²) in [6.45, 7) is 10.7. The first-order valence-electron chi connectivity index (χ1n) is 8.06. The highest BCUT2D eigenvalue weighted by Gasteiger charge is 2.32. The second kappa shape index (κ2) is 8.16. The zero-order chi connectivity index (χ0) is 13.5. The van der Waals surface area contributed by atoms with Crippen molar-refractivity contribution >= 4 is 0 Å². The third-order valence-corrected chi connectivity index (χ3v) is 4.51. The maximum absolute atomic E-state index is 3.57. The minimum Gasteiger partial charge on any atom is -0.315 e. The lowest BCUT2D eigenvalue weighted by molar-refractivity contribution is 0.0643. The van der Waals surface area contributed by atoms with Crippen LogP contribution in [0.15, 0.2) is 0 Å². The predicted octanol–water partition coefficient (Wildman–Crippen LogP) is 3.66. The molecule has 2 nitrogen and oxygen atoms in total. The molecule has 2 heteroatoms. The highest BCUT2D eigenvalue weighted by atomic mass is 15.2. The Morgan fingerprint density at radius 2 is 1.72 bits per heavy atom. The Balaban J connectivity index is 2.78. The van der Waals surface area contributed by atoms with Crippen LogP contribution in [-0.2, 0) is 0 Å². The van der Waals surface area contributed by atoms with Gasteiger partial charge in [0.05, 0.1) is 0 Å². The van der Waals surface area contributed by atoms with Crippen LogP contribution in [0.3, 0.4) is 0 Å². The van der Waals surface area contributed by atoms with Crippen molar-refractivity contribution in [2.45, 2.75) is 84.3 Å². The van der Waals surface area contributed by atoms with Crippen LogP contribution in [0.4, 0.5) is 0 Å². The highest BCUT2D eigenvalue weighted by Crippen LogP contribution is 2.27. The Morgan fingerprint density at radius 1 is 1.11 bits per heavy atom. The van der Waals surface area contributed by atoms with E-state index in [2.05, 4.69) is 45.0 Å². The summed E-state index contributed by atoms with van der Waals surface area (Å²) in [6, 6.07) is 2.24. The third-order valence-electron chi connectivity index (χ3n) is 4.51. The Labute approximate surface area is 115 Å². The minimum absolute atomic E-state index is 0.707. The van der Waals surface area contributed by atoms with Gasteiger partial charge < -0.3 is 5.32 Å². The van der Waals surface area contributed by atoms with E-state index in [1.165, 1.54) is 45.1 Å². The molecule has 2 unspecified atom stereocenters. The fourth-order valence-corrected chi connectivity index (χ4v) is 3.58. The molecule has 18 heavy (non-hydrogen) atoms. The summed E-state index contributed by atoms with van der Waals surface area (Å²) < 4.78 is 0. The molecule has 0 heterocycles. The van der Waals surface area contributed by atoms with Gasteiger partial charge in [0.2, 0.25) is 0 Å². The molecule has 1 rings (SSSR count). The SMILES string of the molecule is CCC(CC)N(CC(C)C)C1CCCCC1NC. The summed E-state index contributed by atoms with van der Waals surface area (Å²) in [6.07, 6.45) is 8.13. The van der Waals surface area contributed by atoms with Gasteiger partial charge in [-0.2, -0.15) is 0 Å². The molecule has 0 aromatic heterocycles. The van der Waals surface area contributed by atoms with Crippen LogP contribution in [0.2, 0.25) is 0 Å². The van der Waals surface area contributed by atoms with Crippen molar-refractivity contribution in [2.75, 3.05) is 13.6 Å². The first-order chi connectivity index (χ1) is 8.63. The van der Waals surface area contributed by atoms with Gasteiger partial charge in [-0.3, -0.25) is 4.90 Å². The molecule has 0 amide bonds. The second-order valence-corrected chi connectivity index (χ2v) is 6.31. The van der Waals surface area contributed by atoms with Gasteiger partial charge >= 0.3 is 0 Å². The lowest BCUT2D eigenvalue weighted by atomic mass is 9.87. The van der Waals surface area contributed by atoms with E-state index >= 15 is 0 Å². The fraction of sp³-hybridized carbons (Fsp3) is 1.00. The quantitative estimate of drug-likeness (QED) is 0.746. The molecule has 108 valence electrons. The third kappa shape index (κ3) is 4.24. The number of rotatable bonds is 7. The summed E-state index contributed by atoms with van der Waals surface area (Å²) in [7, 11) is 2.14. The Morgan fingerprint density at radius 3 is 2.22 bits per heavy atom. The van der Waals surface area contributed by atoms with Gasteiger partial charge in [0.1, 0.15) is 0 Å². The van der Waals surface area contributed by atoms with Crippen molar-refractivity contribution in [1.82, 2.24) is 10.2 Å². The zero-order valence-corrected chi connectivity index (χ0v) is 13.2. The molecule has 0 radical (unpaired) electrons. The molecule has 0 spiro atoms. The van der Waals surface area contributed by atoms with Gasteiger partial charge in [0, 0.05) is 24.7 Å². The molecule has 1 aliphatic carbocycles. The summed E-state index contributed by atoms with van der Waals surface area (Å²) in [5.41, 5.74) is 0. The fourth-order valence-electron chi connectivity index (χ4n) is 3.58. The number of likely N-dealkylation sites (N-methyl/N-ethyl adjacent to an activating group) is 1. The van der Waals surface area contributed by atoms with Crippen molar-refractivity contribution in [3.63, 3.8) is 0 Å². The Kier molecular flexibility index (Phi) is 7.25. The molecule has 0 aliphatic heterocycles. The van der Waals surface area contributed by atoms with E-state index in [0.29, 0.717) is 6.04 Å². The molecule has 1 N–H and O–H groups in total. The minimum atomic E-state index is 0.707. The maximum atomic E-state index is 3.57. The number of hydrogen-bond donors (Lipinski definition) is 1. The summed E-state index contributed by atoms with van der Waals surface area (Å²) in [5.74, 6) is 0.769. The van der Waals surface area contributed by atoms with Crippen LogP contribution in [-0.4, -0.2) is 36.6 Å². The molecule has 1 fully saturated rings. The van der Waals surface area contributed by atoms with E-state index in [1.54, 1.807) is 0 Å². The van der Waals surface area contributed by atoms with Crippen molar-refractivity contribution in [2.24, 2.45) is 5.92 Å². The van der Waals surface area contributed by atoms with Crippen LogP contribution < -0.4 is 5.32 Å². The number of hydrogen-bond acceptors (Lipinski definition) is 2. The van der Waals surface area contributed by atoms with Gasteiger partial charge in [-0.15, -0.1) is 0 Å². The number of nitrogens with zero attached hydrogens (tertiary/aromatic N) is 1. The summed E-state index contributed by atoms with van der Waals surface area (Å²) in [4.78, 5) is 2.82. The first-order valence-corrected chi connectivity index (χ1v) is 8.06. The topological polar surface area (TPSA) is 15.3 Å². The van der Waals surface area contributed by atoms with E-state index in [0.717, 1.165) is 18.0 Å². The van der Waals surface area contributed by atoms with E-state index < -0.39 is 0 Å². The molecule has 0 saturated heterocycles. The van der Waals surface area contributed by atoms with Crippen LogP contribution in [0.1, 0.15) is 66.2 Å². The second-order valence-electron chi connectivity index (χ2n) is 6.31. The van der Waals surface area contributed by atoms with E-state index in [4.69, 9.17) is 0 Å². The van der Waals surface area contributed by atoms with E-state index in [9.17, 15) is 0 Å². The van der Waals surface area contributed by atoms with Crippen LogP contribution in [0, 0.1) is 5.92 Å². The van der Waals surface area contributed by atoms with Crippen molar-refractivity contribution in [1.29, 1.82) is 0 Å². The van der Waals surface area contributed by atoms with Gasteiger partial charge in [-0.1, -0.05) is 40.5 Å². The lowest BCUT2D eigenvalue weighted by Gasteiger charge is -2.44. The standard InChI is InChI=1S/C16H34N2/c1-6-14(7-2)18(12-13(3)4)16-11-9-8-10-15(16)17-5/h13-17H,6-12H2,1-5H3. The van der Waals surface area contributed by atoms with Crippen LogP contribution in [0.25, 0.3) is 0 Å². The Hall–Kier alpha value is -0.0800. The van der Waals surface area contributed by atoms with Crippen LogP contribution >= 0.6 is 0 Å². The average molecular weight is 254 g/mol. The molecule has 0 aromatic carbocycles. The van der Waals surface area contributed by atoms with Crippen molar-refractivity contribution in [3.8, 4) is 0 Å². The molecule has 0 aromatic rings. The molecular weight excluding hydrogens is 220 g/mol. The smallest absolute Gasteiger partial charge is 0.0252 e. The van der Waals surface area contributed by atoms with Gasteiger partial charge in [0.25, 0.3) is 0 Å². The maximum Gasteiger partial charge on any atom is 0.0252 e. The highest BCUT2D eigenvalue weighted by molar-refractivity contribution is 4.90. The van der Waals surface area contributed by atoms with Gasteiger partial charge in [0.15, 0.2) is 0 Å². The summed E-state index contributed by atoms with van der Waals surface area (Å²) >= 11 is 0. The van der Waals surface area contributed by atoms with E-state index in [1.807, 2.05) is 0 Å². The van der Waals surface area contributed by atoms with Gasteiger partial charge in [-0.05, 0) is 38.6 Å².